The first-order valence-corrected chi connectivity index (χ1v) is 15.4. The summed E-state index contributed by atoms with van der Waals surface area (Å²) >= 11 is 0. The molecule has 5 rings (SSSR count). The second kappa shape index (κ2) is 8.07. The molecule has 8 heteroatoms. The van der Waals surface area contributed by atoms with Crippen LogP contribution < -0.4 is 10.6 Å². The van der Waals surface area contributed by atoms with Crippen LogP contribution in [0.15, 0.2) is 72.8 Å². The van der Waals surface area contributed by atoms with Crippen LogP contribution in [0.5, 0.6) is 0 Å². The Morgan fingerprint density at radius 3 is 1.71 bits per heavy atom. The number of hydrogen-bond donors (Lipinski definition) is 0. The van der Waals surface area contributed by atoms with Gasteiger partial charge in [-0.15, -0.1) is 0 Å². The van der Waals surface area contributed by atoms with E-state index in [1.807, 2.05) is 0 Å². The number of hydrogen-bond acceptors (Lipinski definition) is 0. The number of benzene rings is 3. The molecule has 0 radical (unpaired) electrons. The third kappa shape index (κ3) is 5.66. The van der Waals surface area contributed by atoms with Crippen LogP contribution in [0.25, 0.3) is 0 Å². The van der Waals surface area contributed by atoms with Gasteiger partial charge in [0.05, 0.1) is 29.7 Å². The second-order valence-electron chi connectivity index (χ2n) is 9.40. The van der Waals surface area contributed by atoms with E-state index in [1.54, 1.807) is 21.7 Å². The van der Waals surface area contributed by atoms with E-state index in [-0.39, 0.29) is 0 Å². The molecule has 1 fully saturated rings. The van der Waals surface area contributed by atoms with Crippen molar-refractivity contribution in [3.05, 3.63) is 95.1 Å². The molecule has 34 heavy (non-hydrogen) atoms. The molecule has 1 saturated carbocycles. The Labute approximate surface area is 197 Å². The van der Waals surface area contributed by atoms with Gasteiger partial charge in [-0.25, -0.2) is 0 Å². The quantitative estimate of drug-likeness (QED) is 0.235. The van der Waals surface area contributed by atoms with Crippen LogP contribution in [0.4, 0.5) is 25.2 Å². The maximum atomic E-state index is 9.87. The zero-order chi connectivity index (χ0) is 24.8. The summed E-state index contributed by atoms with van der Waals surface area (Å²) in [5.74, 6) is 0.763. The fraction of sp³-hybridized carbons (Fsp3) is 0.308. The van der Waals surface area contributed by atoms with Crippen LogP contribution >= 0.6 is 15.1 Å². The zero-order valence-corrected chi connectivity index (χ0v) is 20.9. The van der Waals surface area contributed by atoms with Gasteiger partial charge in [0.25, 0.3) is 0 Å². The van der Waals surface area contributed by atoms with Gasteiger partial charge in [0.15, 0.2) is 0 Å². The van der Waals surface area contributed by atoms with Gasteiger partial charge in [-0.2, -0.15) is 0 Å². The molecule has 0 aromatic heterocycles. The first-order chi connectivity index (χ1) is 15.6. The van der Waals surface area contributed by atoms with Gasteiger partial charge in [-0.1, -0.05) is 48.5 Å². The minimum atomic E-state index is -10.7. The molecule has 3 aromatic rings. The topological polar surface area (TPSA) is 0 Å². The SMILES string of the molecule is Cc1ccc2c(c1C)C[P+](c1ccccc1)(c1ccccc1)[C@@H]1CC[C@H]2C1.F[P-](F)(F)(F)(F)F. The van der Waals surface area contributed by atoms with Crippen LogP contribution in [-0.2, 0) is 6.16 Å². The van der Waals surface area contributed by atoms with Crippen molar-refractivity contribution in [3.63, 3.8) is 0 Å². The number of fused-ring (bicyclic) bond motifs is 4. The molecule has 2 bridgehead atoms. The Hall–Kier alpha value is -1.90. The fourth-order valence-electron chi connectivity index (χ4n) is 5.65. The van der Waals surface area contributed by atoms with E-state index in [2.05, 4.69) is 86.6 Å². The Balaban J connectivity index is 0.000000344. The molecule has 0 saturated heterocycles. The third-order valence-electron chi connectivity index (χ3n) is 7.22. The van der Waals surface area contributed by atoms with Crippen molar-refractivity contribution in [1.82, 2.24) is 0 Å². The van der Waals surface area contributed by atoms with E-state index in [9.17, 15) is 25.2 Å². The van der Waals surface area contributed by atoms with Gasteiger partial charge in [0.2, 0.25) is 0 Å². The number of rotatable bonds is 2. The molecule has 184 valence electrons. The summed E-state index contributed by atoms with van der Waals surface area (Å²) in [7, 11) is -12.1. The van der Waals surface area contributed by atoms with Crippen LogP contribution in [-0.4, -0.2) is 5.66 Å². The first kappa shape index (κ1) is 25.2. The van der Waals surface area contributed by atoms with Crippen molar-refractivity contribution in [1.29, 1.82) is 0 Å². The Morgan fingerprint density at radius 1 is 0.706 bits per heavy atom. The molecular weight excluding hydrogens is 488 g/mol. The maximum absolute atomic E-state index is 10.7. The van der Waals surface area contributed by atoms with Crippen molar-refractivity contribution >= 4 is 25.7 Å². The third-order valence-corrected chi connectivity index (χ3v) is 12.2. The molecule has 1 aliphatic heterocycles. The molecule has 2 atom stereocenters. The molecule has 0 N–H and O–H groups in total. The molecule has 0 unspecified atom stereocenters. The molecule has 1 heterocycles. The monoisotopic (exact) mass is 516 g/mol. The van der Waals surface area contributed by atoms with Gasteiger partial charge in [-0.3, -0.25) is 0 Å². The summed E-state index contributed by atoms with van der Waals surface area (Å²) < 4.78 is 59.2. The minimum absolute atomic E-state index is 0.763. The summed E-state index contributed by atoms with van der Waals surface area (Å²) in [4.78, 5) is 0. The molecule has 0 spiro atoms. The van der Waals surface area contributed by atoms with Gasteiger partial charge in [0.1, 0.15) is 0 Å². The molecule has 1 aliphatic carbocycles. The van der Waals surface area contributed by atoms with Gasteiger partial charge < -0.3 is 0 Å². The van der Waals surface area contributed by atoms with Gasteiger partial charge >= 0.3 is 33.0 Å². The van der Waals surface area contributed by atoms with E-state index in [4.69, 9.17) is 0 Å². The van der Waals surface area contributed by atoms with Crippen molar-refractivity contribution in [3.8, 4) is 0 Å². The molecular formula is C26H28F6P2. The molecule has 0 nitrogen and oxygen atoms in total. The van der Waals surface area contributed by atoms with Gasteiger partial charge in [0, 0.05) is 0 Å². The van der Waals surface area contributed by atoms with Crippen molar-refractivity contribution in [2.45, 2.75) is 50.8 Å². The normalized spacial score (nSPS) is 22.9. The molecule has 0 amide bonds. The summed E-state index contributed by atoms with van der Waals surface area (Å²) in [6.45, 7) is 4.64. The van der Waals surface area contributed by atoms with Crippen molar-refractivity contribution < 1.29 is 25.2 Å². The summed E-state index contributed by atoms with van der Waals surface area (Å²) in [5, 5.41) is 3.21. The summed E-state index contributed by atoms with van der Waals surface area (Å²) in [6, 6.07) is 27.8. The summed E-state index contributed by atoms with van der Waals surface area (Å²) in [5.41, 5.74) is 7.14. The van der Waals surface area contributed by atoms with E-state index in [1.165, 1.54) is 36.6 Å². The van der Waals surface area contributed by atoms with E-state index < -0.39 is 15.1 Å². The Morgan fingerprint density at radius 2 is 1.21 bits per heavy atom. The van der Waals surface area contributed by atoms with Crippen molar-refractivity contribution in [2.75, 3.05) is 0 Å². The predicted octanol–water partition coefficient (Wildman–Crippen LogP) is 9.50. The van der Waals surface area contributed by atoms with E-state index in [0.717, 1.165) is 11.6 Å². The van der Waals surface area contributed by atoms with Crippen LogP contribution in [0.1, 0.15) is 47.4 Å². The predicted molar refractivity (Wildman–Crippen MR) is 133 cm³/mol. The first-order valence-electron chi connectivity index (χ1n) is 11.3. The molecule has 3 aromatic carbocycles. The average Bonchev–Trinajstić information content (AvgIpc) is 3.18. The standard InChI is InChI=1S/C26H28P.F6P/c1-19-13-16-25-21-14-15-24(17-21)27(18-26(25)20(19)2,22-9-5-3-6-10-22)23-11-7-4-8-12-23;1-7(2,3,4,5)6/h3-13,16,21,24H,14-15,17-18H2,1-2H3;/q+1;-1/t21-,24+;/m0./s1. The van der Waals surface area contributed by atoms with Crippen molar-refractivity contribution in [2.24, 2.45) is 0 Å². The summed E-state index contributed by atoms with van der Waals surface area (Å²) in [6.07, 6.45) is 5.36. The van der Waals surface area contributed by atoms with Crippen LogP contribution in [0.3, 0.4) is 0 Å². The number of aryl methyl sites for hydroxylation is 1. The van der Waals surface area contributed by atoms with Gasteiger partial charge in [-0.05, 0) is 85.5 Å². The fourth-order valence-corrected chi connectivity index (χ4v) is 10.9. The average molecular weight is 516 g/mol. The second-order valence-corrected chi connectivity index (χ2v) is 15.1. The van der Waals surface area contributed by atoms with E-state index in [0.29, 0.717) is 0 Å². The van der Waals surface area contributed by atoms with Crippen LogP contribution in [0, 0.1) is 13.8 Å². The molecule has 2 aliphatic rings. The Kier molecular flexibility index (Phi) is 5.98. The number of halogens is 6. The van der Waals surface area contributed by atoms with E-state index >= 15 is 0 Å². The Bertz CT molecular complexity index is 1120. The van der Waals surface area contributed by atoms with Crippen LogP contribution in [0.2, 0.25) is 0 Å². The zero-order valence-electron chi connectivity index (χ0n) is 19.1.